The maximum absolute atomic E-state index is 6.12. The Morgan fingerprint density at radius 2 is 2.25 bits per heavy atom. The molecule has 0 bridgehead atoms. The normalized spacial score (nSPS) is 18.6. The molecular formula is C16H21N3O. The lowest BCUT2D eigenvalue weighted by atomic mass is 10.0. The SMILES string of the molecule is CCCNC(c1ccn(C)n1)C1Cc2ccccc2O1. The van der Waals surface area contributed by atoms with Gasteiger partial charge in [-0.15, -0.1) is 0 Å². The molecule has 3 rings (SSSR count). The van der Waals surface area contributed by atoms with Gasteiger partial charge in [0, 0.05) is 19.7 Å². The van der Waals surface area contributed by atoms with Crippen molar-refractivity contribution in [1.29, 1.82) is 0 Å². The highest BCUT2D eigenvalue weighted by Crippen LogP contribution is 2.33. The summed E-state index contributed by atoms with van der Waals surface area (Å²) in [7, 11) is 1.95. The highest BCUT2D eigenvalue weighted by molar-refractivity contribution is 5.38. The van der Waals surface area contributed by atoms with Crippen molar-refractivity contribution in [1.82, 2.24) is 15.1 Å². The molecule has 0 spiro atoms. The summed E-state index contributed by atoms with van der Waals surface area (Å²) >= 11 is 0. The van der Waals surface area contributed by atoms with Crippen molar-refractivity contribution in [3.8, 4) is 5.75 Å². The third kappa shape index (κ3) is 2.56. The van der Waals surface area contributed by atoms with E-state index in [-0.39, 0.29) is 12.1 Å². The number of aryl methyl sites for hydroxylation is 1. The van der Waals surface area contributed by atoms with Crippen LogP contribution in [-0.4, -0.2) is 22.4 Å². The quantitative estimate of drug-likeness (QED) is 0.908. The van der Waals surface area contributed by atoms with Gasteiger partial charge in [-0.1, -0.05) is 25.1 Å². The van der Waals surface area contributed by atoms with E-state index in [1.54, 1.807) is 0 Å². The minimum Gasteiger partial charge on any atom is -0.488 e. The summed E-state index contributed by atoms with van der Waals surface area (Å²) < 4.78 is 7.96. The second-order valence-electron chi connectivity index (χ2n) is 5.31. The van der Waals surface area contributed by atoms with Gasteiger partial charge < -0.3 is 10.1 Å². The number of ether oxygens (including phenoxy) is 1. The summed E-state index contributed by atoms with van der Waals surface area (Å²) in [6.07, 6.45) is 4.14. The maximum atomic E-state index is 6.12. The predicted molar refractivity (Wildman–Crippen MR) is 78.8 cm³/mol. The molecule has 106 valence electrons. The molecule has 0 saturated heterocycles. The Bertz CT molecular complexity index is 554. The molecule has 0 aliphatic carbocycles. The molecule has 4 nitrogen and oxygen atoms in total. The van der Waals surface area contributed by atoms with Crippen LogP contribution in [0.2, 0.25) is 0 Å². The monoisotopic (exact) mass is 271 g/mol. The molecule has 0 radical (unpaired) electrons. The van der Waals surface area contributed by atoms with Gasteiger partial charge in [0.05, 0.1) is 11.7 Å². The fourth-order valence-corrected chi connectivity index (χ4v) is 2.72. The Kier molecular flexibility index (Phi) is 3.74. The lowest BCUT2D eigenvalue weighted by Crippen LogP contribution is -2.35. The van der Waals surface area contributed by atoms with E-state index in [4.69, 9.17) is 4.74 Å². The molecule has 2 unspecified atom stereocenters. The fourth-order valence-electron chi connectivity index (χ4n) is 2.72. The van der Waals surface area contributed by atoms with E-state index >= 15 is 0 Å². The van der Waals surface area contributed by atoms with E-state index in [1.165, 1.54) is 5.56 Å². The predicted octanol–water partition coefficient (Wildman–Crippen LogP) is 2.46. The van der Waals surface area contributed by atoms with Gasteiger partial charge >= 0.3 is 0 Å². The molecule has 1 aromatic heterocycles. The lowest BCUT2D eigenvalue weighted by molar-refractivity contribution is 0.176. The largest absolute Gasteiger partial charge is 0.488 e. The number of para-hydroxylation sites is 1. The van der Waals surface area contributed by atoms with Gasteiger partial charge in [-0.2, -0.15) is 5.10 Å². The van der Waals surface area contributed by atoms with Gasteiger partial charge in [-0.25, -0.2) is 0 Å². The first-order chi connectivity index (χ1) is 9.78. The van der Waals surface area contributed by atoms with Gasteiger partial charge in [0.15, 0.2) is 0 Å². The number of nitrogens with one attached hydrogen (secondary N) is 1. The van der Waals surface area contributed by atoms with Crippen LogP contribution < -0.4 is 10.1 Å². The number of benzene rings is 1. The standard InChI is InChI=1S/C16H21N3O/c1-3-9-17-16(13-8-10-19(2)18-13)15-11-12-6-4-5-7-14(12)20-15/h4-8,10,15-17H,3,9,11H2,1-2H3. The van der Waals surface area contributed by atoms with Gasteiger partial charge in [0.2, 0.25) is 0 Å². The van der Waals surface area contributed by atoms with Crippen molar-refractivity contribution in [2.24, 2.45) is 7.05 Å². The van der Waals surface area contributed by atoms with Crippen LogP contribution in [0.1, 0.15) is 30.6 Å². The molecule has 1 aliphatic heterocycles. The number of hydrogen-bond donors (Lipinski definition) is 1. The number of nitrogens with zero attached hydrogens (tertiary/aromatic N) is 2. The van der Waals surface area contributed by atoms with Gasteiger partial charge in [0.1, 0.15) is 11.9 Å². The topological polar surface area (TPSA) is 39.1 Å². The zero-order chi connectivity index (χ0) is 13.9. The molecule has 1 aromatic carbocycles. The van der Waals surface area contributed by atoms with Crippen LogP contribution in [0.25, 0.3) is 0 Å². The minimum atomic E-state index is 0.119. The molecule has 4 heteroatoms. The summed E-state index contributed by atoms with van der Waals surface area (Å²) in [6, 6.07) is 10.5. The van der Waals surface area contributed by atoms with Crippen LogP contribution in [-0.2, 0) is 13.5 Å². The van der Waals surface area contributed by atoms with Crippen molar-refractivity contribution in [2.75, 3.05) is 6.54 Å². The second-order valence-corrected chi connectivity index (χ2v) is 5.31. The molecule has 0 saturated carbocycles. The third-order valence-corrected chi connectivity index (χ3v) is 3.71. The molecule has 20 heavy (non-hydrogen) atoms. The second kappa shape index (κ2) is 5.67. The van der Waals surface area contributed by atoms with Crippen molar-refractivity contribution in [2.45, 2.75) is 31.9 Å². The van der Waals surface area contributed by atoms with Crippen LogP contribution in [0.15, 0.2) is 36.5 Å². The summed E-state index contributed by atoms with van der Waals surface area (Å²) in [5.74, 6) is 1.01. The van der Waals surface area contributed by atoms with Crippen molar-refractivity contribution in [3.05, 3.63) is 47.8 Å². The first kappa shape index (κ1) is 13.2. The summed E-state index contributed by atoms with van der Waals surface area (Å²) in [4.78, 5) is 0. The van der Waals surface area contributed by atoms with E-state index in [0.717, 1.165) is 30.8 Å². The van der Waals surface area contributed by atoms with Crippen LogP contribution >= 0.6 is 0 Å². The maximum Gasteiger partial charge on any atom is 0.124 e. The number of hydrogen-bond acceptors (Lipinski definition) is 3. The molecule has 2 aromatic rings. The van der Waals surface area contributed by atoms with Gasteiger partial charge in [-0.05, 0) is 30.7 Å². The summed E-state index contributed by atoms with van der Waals surface area (Å²) in [5.41, 5.74) is 2.34. The smallest absolute Gasteiger partial charge is 0.124 e. The summed E-state index contributed by atoms with van der Waals surface area (Å²) in [6.45, 7) is 3.14. The highest BCUT2D eigenvalue weighted by atomic mass is 16.5. The fraction of sp³-hybridized carbons (Fsp3) is 0.438. The number of fused-ring (bicyclic) bond motifs is 1. The highest BCUT2D eigenvalue weighted by Gasteiger charge is 2.32. The van der Waals surface area contributed by atoms with Crippen LogP contribution in [0.4, 0.5) is 0 Å². The van der Waals surface area contributed by atoms with Crippen molar-refractivity contribution >= 4 is 0 Å². The Labute approximate surface area is 119 Å². The Hall–Kier alpha value is -1.81. The van der Waals surface area contributed by atoms with Crippen LogP contribution in [0, 0.1) is 0 Å². The first-order valence-electron chi connectivity index (χ1n) is 7.25. The molecule has 1 aliphatic rings. The first-order valence-corrected chi connectivity index (χ1v) is 7.25. The third-order valence-electron chi connectivity index (χ3n) is 3.71. The molecule has 0 fully saturated rings. The Morgan fingerprint density at radius 3 is 2.95 bits per heavy atom. The average Bonchev–Trinajstić information content (AvgIpc) is 3.05. The Morgan fingerprint density at radius 1 is 1.40 bits per heavy atom. The Balaban J connectivity index is 1.81. The lowest BCUT2D eigenvalue weighted by Gasteiger charge is -2.23. The molecule has 2 heterocycles. The zero-order valence-electron chi connectivity index (χ0n) is 12.0. The van der Waals surface area contributed by atoms with Crippen LogP contribution in [0.5, 0.6) is 5.75 Å². The summed E-state index contributed by atoms with van der Waals surface area (Å²) in [5, 5.41) is 8.12. The molecule has 1 N–H and O–H groups in total. The molecule has 2 atom stereocenters. The zero-order valence-corrected chi connectivity index (χ0v) is 12.0. The van der Waals surface area contributed by atoms with Crippen LogP contribution in [0.3, 0.4) is 0 Å². The van der Waals surface area contributed by atoms with E-state index in [2.05, 4.69) is 35.5 Å². The minimum absolute atomic E-state index is 0.119. The van der Waals surface area contributed by atoms with Crippen molar-refractivity contribution < 1.29 is 4.74 Å². The van der Waals surface area contributed by atoms with E-state index in [9.17, 15) is 0 Å². The van der Waals surface area contributed by atoms with E-state index in [0.29, 0.717) is 0 Å². The van der Waals surface area contributed by atoms with Gasteiger partial charge in [-0.3, -0.25) is 4.68 Å². The number of aromatic nitrogens is 2. The number of rotatable bonds is 5. The molecule has 0 amide bonds. The van der Waals surface area contributed by atoms with Crippen molar-refractivity contribution in [3.63, 3.8) is 0 Å². The van der Waals surface area contributed by atoms with E-state index in [1.807, 2.05) is 30.1 Å². The average molecular weight is 271 g/mol. The van der Waals surface area contributed by atoms with E-state index < -0.39 is 0 Å². The van der Waals surface area contributed by atoms with Gasteiger partial charge in [0.25, 0.3) is 0 Å². The molecular weight excluding hydrogens is 250 g/mol.